The number of carboxylic acids is 2. The predicted octanol–water partition coefficient (Wildman–Crippen LogP) is 4.62. The molecule has 2 aliphatic rings. The number of methoxy groups -OCH3 is 1. The summed E-state index contributed by atoms with van der Waals surface area (Å²) in [6.07, 6.45) is 4.12. The van der Waals surface area contributed by atoms with Crippen LogP contribution in [0.1, 0.15) is 49.3 Å². The molecule has 0 radical (unpaired) electrons. The van der Waals surface area contributed by atoms with Gasteiger partial charge in [0.05, 0.1) is 42.7 Å². The van der Waals surface area contributed by atoms with Crippen molar-refractivity contribution in [3.8, 4) is 17.6 Å². The van der Waals surface area contributed by atoms with Gasteiger partial charge in [-0.2, -0.15) is 0 Å². The van der Waals surface area contributed by atoms with E-state index in [1.807, 2.05) is 12.1 Å². The van der Waals surface area contributed by atoms with E-state index >= 15 is 0 Å². The van der Waals surface area contributed by atoms with Gasteiger partial charge in [0, 0.05) is 24.7 Å². The van der Waals surface area contributed by atoms with Crippen molar-refractivity contribution in [1.29, 1.82) is 0 Å². The van der Waals surface area contributed by atoms with Gasteiger partial charge in [0.1, 0.15) is 11.6 Å². The van der Waals surface area contributed by atoms with Crippen molar-refractivity contribution in [3.63, 3.8) is 0 Å². The first kappa shape index (κ1) is 34.7. The molecule has 3 aromatic rings. The lowest BCUT2D eigenvalue weighted by molar-refractivity contribution is -0.146. The van der Waals surface area contributed by atoms with Crippen molar-refractivity contribution in [2.75, 3.05) is 39.8 Å². The van der Waals surface area contributed by atoms with E-state index in [0.717, 1.165) is 36.4 Å². The molecule has 2 fully saturated rings. The maximum absolute atomic E-state index is 13.8. The summed E-state index contributed by atoms with van der Waals surface area (Å²) < 4.78 is 46.2. The van der Waals surface area contributed by atoms with Gasteiger partial charge < -0.3 is 25.4 Å². The highest BCUT2D eigenvalue weighted by Gasteiger charge is 2.34. The molecule has 4 atom stereocenters. The molecule has 2 saturated heterocycles. The zero-order valence-electron chi connectivity index (χ0n) is 25.5. The number of benzene rings is 2. The van der Waals surface area contributed by atoms with Crippen LogP contribution in [-0.2, 0) is 9.59 Å². The van der Waals surface area contributed by atoms with Crippen LogP contribution in [0, 0.1) is 47.0 Å². The molecule has 4 N–H and O–H groups in total. The summed E-state index contributed by atoms with van der Waals surface area (Å²) in [5, 5.41) is 33.1. The Morgan fingerprint density at radius 2 is 1.89 bits per heavy atom. The van der Waals surface area contributed by atoms with Crippen molar-refractivity contribution in [2.24, 2.45) is 17.8 Å². The molecule has 0 amide bonds. The van der Waals surface area contributed by atoms with E-state index in [1.54, 1.807) is 30.3 Å². The molecule has 46 heavy (non-hydrogen) atoms. The molecule has 0 aliphatic carbocycles. The molecule has 9 nitrogen and oxygen atoms in total. The molecule has 0 spiro atoms. The Morgan fingerprint density at radius 3 is 2.57 bits per heavy atom. The first-order valence-electron chi connectivity index (χ1n) is 15.2. The number of aliphatic hydroxyl groups is 1. The van der Waals surface area contributed by atoms with Crippen LogP contribution < -0.4 is 10.1 Å². The average Bonchev–Trinajstić information content (AvgIpc) is 3.07. The van der Waals surface area contributed by atoms with Crippen LogP contribution in [0.5, 0.6) is 5.75 Å². The number of aliphatic carboxylic acids is 2. The molecule has 2 unspecified atom stereocenters. The maximum atomic E-state index is 13.8. The zero-order chi connectivity index (χ0) is 33.2. The third-order valence-electron chi connectivity index (χ3n) is 8.52. The van der Waals surface area contributed by atoms with Gasteiger partial charge in [-0.05, 0) is 93.1 Å². The number of halogens is 3. The summed E-state index contributed by atoms with van der Waals surface area (Å²) in [7, 11) is 1.57. The third kappa shape index (κ3) is 8.96. The number of piperidine rings is 2. The lowest BCUT2D eigenvalue weighted by Crippen LogP contribution is -2.44. The smallest absolute Gasteiger partial charge is 0.308 e. The number of likely N-dealkylation sites (tertiary alicyclic amines) is 1. The largest absolute Gasteiger partial charge is 0.497 e. The normalized spacial score (nSPS) is 20.5. The molecule has 0 bridgehead atoms. The molecule has 0 saturated carbocycles. The Labute approximate surface area is 265 Å². The number of carboxylic acid groups (broad SMARTS) is 2. The Hall–Kier alpha value is -4.18. The summed E-state index contributed by atoms with van der Waals surface area (Å²) in [6, 6.07) is 8.71. The number of rotatable bonds is 8. The molecule has 1 aromatic heterocycles. The van der Waals surface area contributed by atoms with Crippen molar-refractivity contribution < 1.29 is 42.8 Å². The van der Waals surface area contributed by atoms with Crippen molar-refractivity contribution in [1.82, 2.24) is 15.2 Å². The third-order valence-corrected chi connectivity index (χ3v) is 8.52. The van der Waals surface area contributed by atoms with Crippen LogP contribution in [0.4, 0.5) is 13.2 Å². The number of aromatic nitrogens is 1. The number of carbonyl (C=O) groups is 2. The Bertz CT molecular complexity index is 1590. The Balaban J connectivity index is 0.000000459. The summed E-state index contributed by atoms with van der Waals surface area (Å²) in [5.74, 6) is -0.446. The van der Waals surface area contributed by atoms with Gasteiger partial charge in [-0.1, -0.05) is 11.8 Å². The van der Waals surface area contributed by atoms with E-state index in [2.05, 4.69) is 22.1 Å². The van der Waals surface area contributed by atoms with Gasteiger partial charge in [0.2, 0.25) is 0 Å². The van der Waals surface area contributed by atoms with Crippen molar-refractivity contribution in [3.05, 3.63) is 71.2 Å². The zero-order valence-corrected chi connectivity index (χ0v) is 25.5. The van der Waals surface area contributed by atoms with Crippen molar-refractivity contribution >= 4 is 22.8 Å². The first-order valence-corrected chi connectivity index (χ1v) is 15.2. The lowest BCUT2D eigenvalue weighted by atomic mass is 9.81. The molecule has 3 heterocycles. The molecular formula is C34H38F3N3O6. The van der Waals surface area contributed by atoms with Crippen LogP contribution in [0.15, 0.2) is 42.6 Å². The number of hydrogen-bond acceptors (Lipinski definition) is 7. The van der Waals surface area contributed by atoms with Gasteiger partial charge in [-0.25, -0.2) is 13.2 Å². The summed E-state index contributed by atoms with van der Waals surface area (Å²) in [4.78, 5) is 28.5. The van der Waals surface area contributed by atoms with Crippen molar-refractivity contribution in [2.45, 2.75) is 38.2 Å². The van der Waals surface area contributed by atoms with Gasteiger partial charge >= 0.3 is 11.9 Å². The second-order valence-electron chi connectivity index (χ2n) is 11.5. The average molecular weight is 642 g/mol. The minimum atomic E-state index is -1.34. The SMILES string of the molecule is COc1ccc2nccc(C(O)CC[C@@H]3CCN(CC#Cc4c(F)ccc(F)c4F)C[C@@H]3C(=O)O)c2c1.O=C(O)C1CCCNC1. The fraction of sp³-hybridized carbons (Fsp3) is 0.441. The number of nitrogens with one attached hydrogen (secondary N) is 1. The quantitative estimate of drug-likeness (QED) is 0.206. The van der Waals surface area contributed by atoms with E-state index in [1.165, 1.54) is 0 Å². The second-order valence-corrected chi connectivity index (χ2v) is 11.5. The number of hydrogen-bond donors (Lipinski definition) is 4. The number of pyridine rings is 1. The highest BCUT2D eigenvalue weighted by molar-refractivity contribution is 5.83. The van der Waals surface area contributed by atoms with Crippen LogP contribution >= 0.6 is 0 Å². The standard InChI is InChI=1S/C28H27F3N2O4.C6H11NO2/c1-37-18-5-8-25-21(15-18)19(10-12-32-25)26(34)9-4-17-11-14-33(16-22(17)28(35)36)13-2-3-20-23(29)6-7-24(30)27(20)31;8-6(9)5-2-1-3-7-4-5/h5-8,10,12,15,17,22,26,34H,4,9,11,13-14,16H2,1H3,(H,35,36);5,7H,1-4H2,(H,8,9)/t17-,22+,26?;/m1./s1. The summed E-state index contributed by atoms with van der Waals surface area (Å²) >= 11 is 0. The molecule has 2 aromatic carbocycles. The summed E-state index contributed by atoms with van der Waals surface area (Å²) in [5.41, 5.74) is 0.799. The highest BCUT2D eigenvalue weighted by Crippen LogP contribution is 2.33. The fourth-order valence-corrected chi connectivity index (χ4v) is 5.87. The Kier molecular flexibility index (Phi) is 12.4. The van der Waals surface area contributed by atoms with Gasteiger partial charge in [-0.15, -0.1) is 0 Å². The first-order chi connectivity index (χ1) is 22.1. The Morgan fingerprint density at radius 1 is 1.11 bits per heavy atom. The van der Waals surface area contributed by atoms with E-state index in [9.17, 15) is 33.0 Å². The predicted molar refractivity (Wildman–Crippen MR) is 165 cm³/mol. The lowest BCUT2D eigenvalue weighted by Gasteiger charge is -2.36. The molecule has 5 rings (SSSR count). The van der Waals surface area contributed by atoms with Crippen LogP contribution in [0.25, 0.3) is 10.9 Å². The number of nitrogens with zero attached hydrogens (tertiary/aromatic N) is 2. The number of ether oxygens (including phenoxy) is 1. The minimum Gasteiger partial charge on any atom is -0.497 e. The van der Waals surface area contributed by atoms with Crippen LogP contribution in [0.3, 0.4) is 0 Å². The van der Waals surface area contributed by atoms with Gasteiger partial charge in [0.15, 0.2) is 11.6 Å². The minimum absolute atomic E-state index is 0.0966. The fourth-order valence-electron chi connectivity index (χ4n) is 5.87. The van der Waals surface area contributed by atoms with Crippen LogP contribution in [0.2, 0.25) is 0 Å². The molecule has 12 heteroatoms. The number of fused-ring (bicyclic) bond motifs is 1. The maximum Gasteiger partial charge on any atom is 0.308 e. The summed E-state index contributed by atoms with van der Waals surface area (Å²) in [6.45, 7) is 2.48. The van der Waals surface area contributed by atoms with E-state index in [-0.39, 0.29) is 24.9 Å². The topological polar surface area (TPSA) is 132 Å². The molecular weight excluding hydrogens is 603 g/mol. The molecule has 246 valence electrons. The van der Waals surface area contributed by atoms with Gasteiger partial charge in [-0.3, -0.25) is 19.5 Å². The second kappa shape index (κ2) is 16.4. The van der Waals surface area contributed by atoms with Gasteiger partial charge in [0.25, 0.3) is 0 Å². The van der Waals surface area contributed by atoms with E-state index in [0.29, 0.717) is 49.7 Å². The van der Waals surface area contributed by atoms with E-state index < -0.39 is 47.0 Å². The van der Waals surface area contributed by atoms with E-state index in [4.69, 9.17) is 9.84 Å². The molecule has 2 aliphatic heterocycles. The van der Waals surface area contributed by atoms with Crippen LogP contribution in [-0.4, -0.2) is 77.0 Å². The monoisotopic (exact) mass is 641 g/mol. The highest BCUT2D eigenvalue weighted by atomic mass is 19.2. The number of aliphatic hydroxyl groups excluding tert-OH is 1.